The fourth-order valence-electron chi connectivity index (χ4n) is 2.87. The van der Waals surface area contributed by atoms with Crippen LogP contribution in [-0.4, -0.2) is 21.4 Å². The number of aryl methyl sites for hydroxylation is 1. The fraction of sp³-hybridized carbons (Fsp3) is 0.136. The van der Waals surface area contributed by atoms with Crippen molar-refractivity contribution in [3.8, 4) is 0 Å². The van der Waals surface area contributed by atoms with Gasteiger partial charge in [0, 0.05) is 18.3 Å². The highest BCUT2D eigenvalue weighted by molar-refractivity contribution is 7.92. The van der Waals surface area contributed by atoms with Crippen LogP contribution in [0.4, 0.5) is 11.4 Å². The molecule has 0 aliphatic carbocycles. The summed E-state index contributed by atoms with van der Waals surface area (Å²) in [5, 5.41) is 0.0433. The molecule has 0 heterocycles. The number of rotatable bonds is 5. The van der Waals surface area contributed by atoms with Crippen molar-refractivity contribution in [1.82, 2.24) is 0 Å². The number of nitrogens with zero attached hydrogens (tertiary/aromatic N) is 1. The third kappa shape index (κ3) is 4.44. The number of carbonyl (C=O) groups excluding carboxylic acids is 1. The third-order valence-corrected chi connectivity index (χ3v) is 6.61. The molecule has 0 fully saturated rings. The summed E-state index contributed by atoms with van der Waals surface area (Å²) in [5.74, 6) is -0.337. The number of hydrogen-bond donors (Lipinski definition) is 1. The first-order chi connectivity index (χ1) is 13.7. The first kappa shape index (κ1) is 20.9. The van der Waals surface area contributed by atoms with Crippen LogP contribution in [-0.2, 0) is 10.0 Å². The molecule has 0 radical (unpaired) electrons. The highest BCUT2D eigenvalue weighted by atomic mass is 35.5. The van der Waals surface area contributed by atoms with Crippen molar-refractivity contribution in [3.05, 3.63) is 88.4 Å². The van der Waals surface area contributed by atoms with Gasteiger partial charge in [0.15, 0.2) is 0 Å². The van der Waals surface area contributed by atoms with Gasteiger partial charge >= 0.3 is 0 Å². The van der Waals surface area contributed by atoms with E-state index in [9.17, 15) is 13.2 Å². The van der Waals surface area contributed by atoms with E-state index in [-0.39, 0.29) is 21.4 Å². The van der Waals surface area contributed by atoms with Crippen LogP contribution in [0.2, 0.25) is 5.02 Å². The number of sulfonamides is 1. The second-order valence-electron chi connectivity index (χ2n) is 6.70. The summed E-state index contributed by atoms with van der Waals surface area (Å²) in [5.41, 5.74) is 3.18. The van der Waals surface area contributed by atoms with E-state index in [1.807, 2.05) is 38.1 Å². The molecule has 5 nitrogen and oxygen atoms in total. The molecule has 150 valence electrons. The number of hydrogen-bond acceptors (Lipinski definition) is 3. The Balaban J connectivity index is 1.96. The van der Waals surface area contributed by atoms with Gasteiger partial charge in [0.25, 0.3) is 15.9 Å². The van der Waals surface area contributed by atoms with Crippen LogP contribution < -0.4 is 9.62 Å². The normalized spacial score (nSPS) is 11.2. The van der Waals surface area contributed by atoms with Crippen molar-refractivity contribution in [2.24, 2.45) is 0 Å². The molecule has 0 aliphatic heterocycles. The Morgan fingerprint density at radius 3 is 2.34 bits per heavy atom. The molecule has 3 rings (SSSR count). The van der Waals surface area contributed by atoms with E-state index in [0.29, 0.717) is 11.4 Å². The van der Waals surface area contributed by atoms with Gasteiger partial charge in [-0.2, -0.15) is 0 Å². The molecule has 0 atom stereocenters. The Kier molecular flexibility index (Phi) is 5.96. The zero-order chi connectivity index (χ0) is 21.2. The highest BCUT2D eigenvalue weighted by Gasteiger charge is 2.22. The van der Waals surface area contributed by atoms with E-state index >= 15 is 0 Å². The summed E-state index contributed by atoms with van der Waals surface area (Å²) in [7, 11) is -2.35. The van der Waals surface area contributed by atoms with Crippen LogP contribution in [0.5, 0.6) is 0 Å². The van der Waals surface area contributed by atoms with Crippen molar-refractivity contribution in [3.63, 3.8) is 0 Å². The van der Waals surface area contributed by atoms with E-state index in [4.69, 9.17) is 11.6 Å². The van der Waals surface area contributed by atoms with Gasteiger partial charge in [0.1, 0.15) is 4.90 Å². The SMILES string of the molecule is Cc1cccc(NS(=O)(=O)c2cc(C(=O)N(C)c3ccccc3)ccc2Cl)c1C. The maximum atomic E-state index is 13.0. The Morgan fingerprint density at radius 2 is 1.66 bits per heavy atom. The predicted molar refractivity (Wildman–Crippen MR) is 117 cm³/mol. The minimum atomic E-state index is -3.98. The van der Waals surface area contributed by atoms with Gasteiger partial charge in [-0.3, -0.25) is 9.52 Å². The lowest BCUT2D eigenvalue weighted by atomic mass is 10.1. The fourth-order valence-corrected chi connectivity index (χ4v) is 4.52. The molecule has 1 amide bonds. The summed E-state index contributed by atoms with van der Waals surface area (Å²) in [6.07, 6.45) is 0. The quantitative estimate of drug-likeness (QED) is 0.619. The van der Waals surface area contributed by atoms with Crippen LogP contribution in [0.3, 0.4) is 0 Å². The topological polar surface area (TPSA) is 66.5 Å². The second kappa shape index (κ2) is 8.27. The van der Waals surface area contributed by atoms with Crippen molar-refractivity contribution in [2.45, 2.75) is 18.7 Å². The van der Waals surface area contributed by atoms with Crippen LogP contribution >= 0.6 is 11.6 Å². The Bertz CT molecular complexity index is 1160. The molecular formula is C22H21ClN2O3S. The molecule has 3 aromatic rings. The van der Waals surface area contributed by atoms with E-state index in [0.717, 1.165) is 11.1 Å². The van der Waals surface area contributed by atoms with E-state index in [2.05, 4.69) is 4.72 Å². The number of nitrogens with one attached hydrogen (secondary N) is 1. The van der Waals surface area contributed by atoms with Crippen molar-refractivity contribution >= 4 is 38.9 Å². The molecule has 0 saturated heterocycles. The number of carbonyl (C=O) groups is 1. The maximum Gasteiger partial charge on any atom is 0.263 e. The molecule has 0 bridgehead atoms. The standard InChI is InChI=1S/C22H21ClN2O3S/c1-15-8-7-11-20(16(15)2)24-29(27,28)21-14-17(12-13-19(21)23)22(26)25(3)18-9-5-4-6-10-18/h4-14,24H,1-3H3. The Morgan fingerprint density at radius 1 is 0.966 bits per heavy atom. The van der Waals surface area contributed by atoms with Gasteiger partial charge in [-0.05, 0) is 61.4 Å². The van der Waals surface area contributed by atoms with Gasteiger partial charge in [-0.1, -0.05) is 41.9 Å². The average molecular weight is 429 g/mol. The third-order valence-electron chi connectivity index (χ3n) is 4.76. The summed E-state index contributed by atoms with van der Waals surface area (Å²) in [6.45, 7) is 3.74. The van der Waals surface area contributed by atoms with Crippen LogP contribution in [0.1, 0.15) is 21.5 Å². The van der Waals surface area contributed by atoms with Gasteiger partial charge in [-0.15, -0.1) is 0 Å². The lowest BCUT2D eigenvalue weighted by molar-refractivity contribution is 0.0993. The first-order valence-electron chi connectivity index (χ1n) is 8.92. The van der Waals surface area contributed by atoms with Crippen molar-refractivity contribution in [2.75, 3.05) is 16.7 Å². The molecule has 0 saturated carbocycles. The smallest absolute Gasteiger partial charge is 0.263 e. The molecule has 1 N–H and O–H groups in total. The van der Waals surface area contributed by atoms with E-state index < -0.39 is 10.0 Å². The minimum absolute atomic E-state index is 0.0433. The van der Waals surface area contributed by atoms with E-state index in [1.54, 1.807) is 31.3 Å². The predicted octanol–water partition coefficient (Wildman–Crippen LogP) is 5.03. The summed E-state index contributed by atoms with van der Waals surface area (Å²) < 4.78 is 28.5. The number of para-hydroxylation sites is 1. The summed E-state index contributed by atoms with van der Waals surface area (Å²) >= 11 is 6.18. The molecule has 0 aromatic heterocycles. The van der Waals surface area contributed by atoms with E-state index in [1.165, 1.54) is 23.1 Å². The number of anilines is 2. The molecule has 0 unspecified atom stereocenters. The highest BCUT2D eigenvalue weighted by Crippen LogP contribution is 2.28. The van der Waals surface area contributed by atoms with Crippen LogP contribution in [0.25, 0.3) is 0 Å². The van der Waals surface area contributed by atoms with Gasteiger partial charge in [0.2, 0.25) is 0 Å². The summed E-state index contributed by atoms with van der Waals surface area (Å²) in [6, 6.07) is 18.7. The van der Waals surface area contributed by atoms with Crippen molar-refractivity contribution < 1.29 is 13.2 Å². The maximum absolute atomic E-state index is 13.0. The Labute approximate surface area is 176 Å². The number of halogens is 1. The molecular weight excluding hydrogens is 408 g/mol. The zero-order valence-electron chi connectivity index (χ0n) is 16.3. The first-order valence-corrected chi connectivity index (χ1v) is 10.8. The van der Waals surface area contributed by atoms with Crippen LogP contribution in [0, 0.1) is 13.8 Å². The lowest BCUT2D eigenvalue weighted by Gasteiger charge is -2.18. The molecule has 7 heteroatoms. The van der Waals surface area contributed by atoms with Crippen molar-refractivity contribution in [1.29, 1.82) is 0 Å². The molecule has 0 aliphatic rings. The van der Waals surface area contributed by atoms with Crippen LogP contribution in [0.15, 0.2) is 71.6 Å². The monoisotopic (exact) mass is 428 g/mol. The lowest BCUT2D eigenvalue weighted by Crippen LogP contribution is -2.26. The summed E-state index contributed by atoms with van der Waals surface area (Å²) in [4.78, 5) is 14.2. The Hall–Kier alpha value is -2.83. The van der Waals surface area contributed by atoms with Gasteiger partial charge in [0.05, 0.1) is 10.7 Å². The number of amides is 1. The largest absolute Gasteiger partial charge is 0.311 e. The second-order valence-corrected chi connectivity index (χ2v) is 8.76. The molecule has 3 aromatic carbocycles. The zero-order valence-corrected chi connectivity index (χ0v) is 17.9. The molecule has 29 heavy (non-hydrogen) atoms. The van der Waals surface area contributed by atoms with Gasteiger partial charge in [-0.25, -0.2) is 8.42 Å². The number of benzene rings is 3. The average Bonchev–Trinajstić information content (AvgIpc) is 2.71. The minimum Gasteiger partial charge on any atom is -0.311 e. The van der Waals surface area contributed by atoms with Gasteiger partial charge < -0.3 is 4.90 Å². The molecule has 0 spiro atoms.